The number of non-ortho nitro benzene ring substituents is 1. The highest BCUT2D eigenvalue weighted by Crippen LogP contribution is 2.38. The highest BCUT2D eigenvalue weighted by Gasteiger charge is 2.53. The number of nitrogens with zero attached hydrogens (tertiary/aromatic N) is 2. The van der Waals surface area contributed by atoms with E-state index in [0.29, 0.717) is 82.6 Å². The van der Waals surface area contributed by atoms with Crippen LogP contribution in [-0.4, -0.2) is 132 Å². The molecule has 1 aromatic carbocycles. The third-order valence-corrected chi connectivity index (χ3v) is 16.0. The zero-order chi connectivity index (χ0) is 55.9. The average molecular weight is 1070 g/mol. The highest BCUT2D eigenvalue weighted by atomic mass is 16.7. The number of aliphatic hydroxyl groups is 2. The minimum atomic E-state index is -2.43. The largest absolute Gasteiger partial charge is 0.514 e. The first-order valence-electron chi connectivity index (χ1n) is 27.2. The molecule has 1 aliphatic carbocycles. The van der Waals surface area contributed by atoms with Gasteiger partial charge in [-0.25, -0.2) is 9.59 Å². The van der Waals surface area contributed by atoms with E-state index in [1.54, 1.807) is 21.0 Å². The summed E-state index contributed by atoms with van der Waals surface area (Å²) >= 11 is 0. The SMILES string of the molecule is COC1C[C@@H]2CC[C@@H](C)[C@@](O)(O2)C(=O)C(=O)N2CCCC[C@H]2C(=O)O[C@H]([C@H](C)C[C@@H]2CC[C@@H](OC(=O)Oc3ccc([N+](=O)[O-])cc3)[C@H](OC)C2)CC[C@H](C)/C=C(\C)[C@@H](O)[C@@H](OC)C(=O)[C@H](C)C[C@H](C)/C=C/C=C/C=C/1C. The number of carbonyl (C=O) groups excluding carboxylic acids is 5. The summed E-state index contributed by atoms with van der Waals surface area (Å²) in [6.07, 6.45) is 11.7. The standard InChI is InChI=1S/C58H84N2O16/c1-35-16-12-11-13-17-37(3)49(70-8)34-45-24-20-41(7)58(67,76-45)54(63)55(64)59-29-15-14-18-46(59)56(65)74-47(27-19-36(2)31-40(6)52(62)53(72-10)51(61)39(5)30-35)38(4)32-42-21-28-48(50(33-42)71-9)75-57(66)73-44-25-22-43(23-26-44)60(68)69/h11-13,16-17,22-23,25-26,31,35-36,38-39,41-42,45-50,52-53,62,67H,14-15,18-21,24,27-30,32-34H2,1-10H3/b13-11+,16-12+,37-17+,40-31+/t35-,36+,38-,39-,41-,42+,45+,46+,47+,48-,49?,50-,52-,53+,58-/m1/s1. The number of ether oxygens (including phenoxy) is 7. The summed E-state index contributed by atoms with van der Waals surface area (Å²) < 4.78 is 41.0. The van der Waals surface area contributed by atoms with Gasteiger partial charge in [0.15, 0.2) is 5.78 Å². The van der Waals surface area contributed by atoms with Gasteiger partial charge in [-0.2, -0.15) is 0 Å². The Morgan fingerprint density at radius 1 is 0.842 bits per heavy atom. The van der Waals surface area contributed by atoms with Crippen LogP contribution in [0.25, 0.3) is 0 Å². The van der Waals surface area contributed by atoms with E-state index in [-0.39, 0.29) is 53.9 Å². The lowest BCUT2D eigenvalue weighted by Gasteiger charge is -2.42. The van der Waals surface area contributed by atoms with Gasteiger partial charge in [0.05, 0.1) is 23.2 Å². The molecule has 422 valence electrons. The molecule has 2 N–H and O–H groups in total. The number of amides is 1. The first kappa shape index (κ1) is 61.7. The lowest BCUT2D eigenvalue weighted by molar-refractivity contribution is -0.384. The topological polar surface area (TPSA) is 237 Å². The third kappa shape index (κ3) is 16.7. The monoisotopic (exact) mass is 1060 g/mol. The van der Waals surface area contributed by atoms with Crippen molar-refractivity contribution in [3.63, 3.8) is 0 Å². The first-order valence-corrected chi connectivity index (χ1v) is 27.2. The van der Waals surface area contributed by atoms with Gasteiger partial charge >= 0.3 is 12.1 Å². The summed E-state index contributed by atoms with van der Waals surface area (Å²) in [5, 5.41) is 34.7. The van der Waals surface area contributed by atoms with Gasteiger partial charge in [-0.15, -0.1) is 0 Å². The fourth-order valence-electron chi connectivity index (χ4n) is 11.3. The maximum absolute atomic E-state index is 14.6. The van der Waals surface area contributed by atoms with Gasteiger partial charge < -0.3 is 48.3 Å². The molecule has 3 aliphatic heterocycles. The Bertz CT molecular complexity index is 2260. The van der Waals surface area contributed by atoms with Crippen LogP contribution < -0.4 is 4.74 Å². The highest BCUT2D eigenvalue weighted by molar-refractivity contribution is 6.39. The number of methoxy groups -OCH3 is 3. The van der Waals surface area contributed by atoms with Gasteiger partial charge in [-0.05, 0) is 138 Å². The van der Waals surface area contributed by atoms with Gasteiger partial charge in [0.25, 0.3) is 17.4 Å². The van der Waals surface area contributed by atoms with E-state index in [2.05, 4.69) is 0 Å². The fraction of sp³-hybridized carbons (Fsp3) is 0.672. The van der Waals surface area contributed by atoms with Gasteiger partial charge in [0, 0.05) is 58.3 Å². The van der Waals surface area contributed by atoms with Crippen molar-refractivity contribution in [1.29, 1.82) is 0 Å². The summed E-state index contributed by atoms with van der Waals surface area (Å²) in [6.45, 7) is 13.3. The number of ketones is 2. The molecule has 0 aromatic heterocycles. The molecule has 18 nitrogen and oxygen atoms in total. The van der Waals surface area contributed by atoms with Gasteiger partial charge in [-0.3, -0.25) is 24.5 Å². The van der Waals surface area contributed by atoms with Crippen LogP contribution >= 0.6 is 0 Å². The quantitative estimate of drug-likeness (QED) is 0.0585. The van der Waals surface area contributed by atoms with E-state index < -0.39 is 95.1 Å². The molecular formula is C58H84N2O16. The molecular weight excluding hydrogens is 981 g/mol. The Kier molecular flexibility index (Phi) is 23.6. The minimum Gasteiger partial charge on any atom is -0.461 e. The molecule has 0 spiro atoms. The Morgan fingerprint density at radius 2 is 1.57 bits per heavy atom. The molecule has 1 aromatic rings. The average Bonchev–Trinajstić information content (AvgIpc) is 3.39. The van der Waals surface area contributed by atoms with E-state index >= 15 is 0 Å². The molecule has 3 fully saturated rings. The number of nitro groups is 1. The predicted molar refractivity (Wildman–Crippen MR) is 283 cm³/mol. The second-order valence-corrected chi connectivity index (χ2v) is 21.9. The number of rotatable bonds is 9. The van der Waals surface area contributed by atoms with Crippen molar-refractivity contribution in [1.82, 2.24) is 4.90 Å². The number of allylic oxidation sites excluding steroid dienone is 6. The van der Waals surface area contributed by atoms with E-state index in [9.17, 15) is 44.3 Å². The molecule has 15 atom stereocenters. The normalized spacial score (nSPS) is 36.0. The number of piperidine rings is 1. The second kappa shape index (κ2) is 29.0. The summed E-state index contributed by atoms with van der Waals surface area (Å²) in [5.74, 6) is -6.74. The Morgan fingerprint density at radius 3 is 2.24 bits per heavy atom. The molecule has 3 heterocycles. The number of Topliss-reactive ketones (excluding diaryl/α,β-unsaturated/α-hetero) is 2. The van der Waals surface area contributed by atoms with Gasteiger partial charge in [0.1, 0.15) is 36.2 Å². The zero-order valence-electron chi connectivity index (χ0n) is 46.3. The summed E-state index contributed by atoms with van der Waals surface area (Å²) in [7, 11) is 4.53. The van der Waals surface area contributed by atoms with Crippen LogP contribution in [0.5, 0.6) is 5.75 Å². The van der Waals surface area contributed by atoms with Crippen molar-refractivity contribution in [2.75, 3.05) is 27.9 Å². The van der Waals surface area contributed by atoms with E-state index in [0.717, 1.165) is 5.57 Å². The summed E-state index contributed by atoms with van der Waals surface area (Å²) in [4.78, 5) is 81.7. The number of aliphatic hydroxyl groups excluding tert-OH is 1. The van der Waals surface area contributed by atoms with Crippen molar-refractivity contribution in [3.05, 3.63) is 82.0 Å². The first-order chi connectivity index (χ1) is 36.1. The van der Waals surface area contributed by atoms with Crippen LogP contribution in [0.1, 0.15) is 132 Å². The van der Waals surface area contributed by atoms with Crippen LogP contribution in [-0.2, 0) is 47.6 Å². The number of benzene rings is 1. The van der Waals surface area contributed by atoms with Crippen LogP contribution in [0.2, 0.25) is 0 Å². The predicted octanol–water partition coefficient (Wildman–Crippen LogP) is 9.13. The zero-order valence-corrected chi connectivity index (χ0v) is 46.3. The number of nitro benzene ring substituents is 1. The molecule has 0 radical (unpaired) electrons. The Balaban J connectivity index is 1.39. The second-order valence-electron chi connectivity index (χ2n) is 21.9. The molecule has 4 aliphatic rings. The van der Waals surface area contributed by atoms with E-state index in [1.165, 1.54) is 43.4 Å². The number of hydrogen-bond donors (Lipinski definition) is 2. The van der Waals surface area contributed by atoms with Crippen molar-refractivity contribution < 1.29 is 72.3 Å². The van der Waals surface area contributed by atoms with E-state index in [4.69, 9.17) is 33.2 Å². The fourth-order valence-corrected chi connectivity index (χ4v) is 11.3. The van der Waals surface area contributed by atoms with Gasteiger partial charge in [0.2, 0.25) is 5.79 Å². The van der Waals surface area contributed by atoms with Crippen LogP contribution in [0.4, 0.5) is 10.5 Å². The maximum atomic E-state index is 14.6. The smallest absolute Gasteiger partial charge is 0.461 e. The Hall–Kier alpha value is -5.11. The number of esters is 1. The van der Waals surface area contributed by atoms with E-state index in [1.807, 2.05) is 71.1 Å². The molecule has 2 saturated heterocycles. The van der Waals surface area contributed by atoms with Crippen molar-refractivity contribution in [3.8, 4) is 5.75 Å². The lowest BCUT2D eigenvalue weighted by Crippen LogP contribution is -2.61. The molecule has 76 heavy (non-hydrogen) atoms. The van der Waals surface area contributed by atoms with Crippen molar-refractivity contribution >= 4 is 35.3 Å². The summed E-state index contributed by atoms with van der Waals surface area (Å²) in [5.41, 5.74) is 1.29. The maximum Gasteiger partial charge on any atom is 0.514 e. The summed E-state index contributed by atoms with van der Waals surface area (Å²) in [6, 6.07) is 3.98. The molecule has 5 rings (SSSR count). The minimum absolute atomic E-state index is 0.0335. The number of cyclic esters (lactones) is 1. The third-order valence-electron chi connectivity index (χ3n) is 16.0. The molecule has 1 saturated carbocycles. The van der Waals surface area contributed by atoms with Crippen LogP contribution in [0, 0.1) is 45.6 Å². The van der Waals surface area contributed by atoms with Gasteiger partial charge in [-0.1, -0.05) is 71.1 Å². The van der Waals surface area contributed by atoms with Crippen molar-refractivity contribution in [2.24, 2.45) is 35.5 Å². The molecule has 18 heteroatoms. The number of carbonyl (C=O) groups is 5. The Labute approximate surface area is 448 Å². The molecule has 1 amide bonds. The molecule has 1 unspecified atom stereocenters. The number of hydrogen-bond acceptors (Lipinski definition) is 16. The van der Waals surface area contributed by atoms with Crippen LogP contribution in [0.3, 0.4) is 0 Å². The molecule has 2 bridgehead atoms. The van der Waals surface area contributed by atoms with Crippen molar-refractivity contribution in [2.45, 2.75) is 186 Å². The number of fused-ring (bicyclic) bond motifs is 3. The van der Waals surface area contributed by atoms with Crippen LogP contribution in [0.15, 0.2) is 71.9 Å². The lowest BCUT2D eigenvalue weighted by atomic mass is 9.78.